The number of nitrogens with two attached hydrogens (primary N) is 1. The van der Waals surface area contributed by atoms with E-state index in [1.165, 1.54) is 12.0 Å². The topological polar surface area (TPSA) is 68.9 Å². The lowest BCUT2D eigenvalue weighted by Crippen LogP contribution is -2.33. The molecule has 2 atom stereocenters. The number of halogens is 1. The van der Waals surface area contributed by atoms with Gasteiger partial charge in [0.25, 0.3) is 0 Å². The molecule has 3 N–H and O–H groups in total. The molecule has 2 aromatic rings. The summed E-state index contributed by atoms with van der Waals surface area (Å²) in [6, 6.07) is 16.6. The normalized spacial score (nSPS) is 18.4. The van der Waals surface area contributed by atoms with E-state index in [0.717, 1.165) is 36.6 Å². The standard InChI is InChI=1S/C21H27N3O2.HI/c1-25-19-9-8-15(12-20(19)26-2)10-11-23-21(22)24-14-17-13-18(17)16-6-4-3-5-7-16;/h3-9,12,17-18H,10-11,13-14H2,1-2H3,(H3,22,23,24);1H. The van der Waals surface area contributed by atoms with Crippen LogP contribution in [0, 0.1) is 5.92 Å². The number of rotatable bonds is 8. The van der Waals surface area contributed by atoms with Crippen LogP contribution in [0.1, 0.15) is 23.5 Å². The second-order valence-electron chi connectivity index (χ2n) is 6.60. The number of methoxy groups -OCH3 is 2. The number of ether oxygens (including phenoxy) is 2. The molecule has 2 unspecified atom stereocenters. The zero-order valence-corrected chi connectivity index (χ0v) is 18.2. The Labute approximate surface area is 178 Å². The van der Waals surface area contributed by atoms with Crippen molar-refractivity contribution in [2.45, 2.75) is 18.8 Å². The van der Waals surface area contributed by atoms with E-state index < -0.39 is 0 Å². The number of hydrogen-bond donors (Lipinski definition) is 2. The van der Waals surface area contributed by atoms with E-state index in [-0.39, 0.29) is 24.0 Å². The van der Waals surface area contributed by atoms with Gasteiger partial charge in [-0.2, -0.15) is 0 Å². The molecule has 0 amide bonds. The number of aliphatic imine (C=N–C) groups is 1. The monoisotopic (exact) mass is 481 g/mol. The van der Waals surface area contributed by atoms with Crippen LogP contribution in [-0.4, -0.2) is 33.3 Å². The largest absolute Gasteiger partial charge is 0.493 e. The zero-order chi connectivity index (χ0) is 18.4. The Morgan fingerprint density at radius 2 is 1.85 bits per heavy atom. The predicted molar refractivity (Wildman–Crippen MR) is 120 cm³/mol. The van der Waals surface area contributed by atoms with Crippen molar-refractivity contribution in [2.75, 3.05) is 27.3 Å². The van der Waals surface area contributed by atoms with Crippen LogP contribution in [0.3, 0.4) is 0 Å². The lowest BCUT2D eigenvalue weighted by molar-refractivity contribution is 0.354. The maximum atomic E-state index is 5.99. The van der Waals surface area contributed by atoms with Gasteiger partial charge in [0.2, 0.25) is 0 Å². The van der Waals surface area contributed by atoms with Gasteiger partial charge in [-0.3, -0.25) is 4.99 Å². The van der Waals surface area contributed by atoms with Crippen LogP contribution >= 0.6 is 24.0 Å². The van der Waals surface area contributed by atoms with Gasteiger partial charge in [-0.05, 0) is 47.9 Å². The van der Waals surface area contributed by atoms with Gasteiger partial charge in [0.15, 0.2) is 17.5 Å². The maximum Gasteiger partial charge on any atom is 0.188 e. The van der Waals surface area contributed by atoms with Gasteiger partial charge in [0, 0.05) is 13.1 Å². The fraction of sp³-hybridized carbons (Fsp3) is 0.381. The summed E-state index contributed by atoms with van der Waals surface area (Å²) in [6.45, 7) is 1.52. The molecule has 2 aromatic carbocycles. The Morgan fingerprint density at radius 3 is 2.56 bits per heavy atom. The third kappa shape index (κ3) is 6.02. The van der Waals surface area contributed by atoms with Crippen molar-refractivity contribution in [1.29, 1.82) is 0 Å². The summed E-state index contributed by atoms with van der Waals surface area (Å²) in [5, 5.41) is 3.19. The quantitative estimate of drug-likeness (QED) is 0.344. The Kier molecular flexibility index (Phi) is 8.22. The molecule has 6 heteroatoms. The molecule has 3 rings (SSSR count). The lowest BCUT2D eigenvalue weighted by Gasteiger charge is -2.10. The first kappa shape index (κ1) is 21.3. The number of nitrogens with zero attached hydrogens (tertiary/aromatic N) is 1. The lowest BCUT2D eigenvalue weighted by atomic mass is 10.1. The SMILES string of the molecule is COc1ccc(CCNC(N)=NCC2CC2c2ccccc2)cc1OC.I. The van der Waals surface area contributed by atoms with E-state index in [1.54, 1.807) is 14.2 Å². The van der Waals surface area contributed by atoms with Crippen LogP contribution in [0.15, 0.2) is 53.5 Å². The van der Waals surface area contributed by atoms with Crippen LogP contribution in [0.25, 0.3) is 0 Å². The van der Waals surface area contributed by atoms with Crippen molar-refractivity contribution in [2.24, 2.45) is 16.6 Å². The number of nitrogens with one attached hydrogen (secondary N) is 1. The molecule has 0 spiro atoms. The highest BCUT2D eigenvalue weighted by Crippen LogP contribution is 2.47. The van der Waals surface area contributed by atoms with Crippen molar-refractivity contribution in [1.82, 2.24) is 5.32 Å². The minimum Gasteiger partial charge on any atom is -0.493 e. The van der Waals surface area contributed by atoms with E-state index >= 15 is 0 Å². The van der Waals surface area contributed by atoms with E-state index in [0.29, 0.717) is 17.8 Å². The third-order valence-electron chi connectivity index (χ3n) is 4.81. The van der Waals surface area contributed by atoms with Crippen LogP contribution in [0.4, 0.5) is 0 Å². The summed E-state index contributed by atoms with van der Waals surface area (Å²) < 4.78 is 10.6. The molecule has 5 nitrogen and oxygen atoms in total. The van der Waals surface area contributed by atoms with Crippen LogP contribution in [-0.2, 0) is 6.42 Å². The van der Waals surface area contributed by atoms with Crippen LogP contribution in [0.2, 0.25) is 0 Å². The predicted octanol–water partition coefficient (Wildman–Crippen LogP) is 3.57. The van der Waals surface area contributed by atoms with Crippen molar-refractivity contribution in [3.63, 3.8) is 0 Å². The van der Waals surface area contributed by atoms with Gasteiger partial charge in [-0.15, -0.1) is 24.0 Å². The summed E-state index contributed by atoms with van der Waals surface area (Å²) in [6.07, 6.45) is 2.04. The average Bonchev–Trinajstić information content (AvgIpc) is 3.46. The summed E-state index contributed by atoms with van der Waals surface area (Å²) in [4.78, 5) is 4.49. The van der Waals surface area contributed by atoms with Gasteiger partial charge in [-0.1, -0.05) is 36.4 Å². The molecule has 0 aliphatic heterocycles. The molecule has 1 fully saturated rings. The third-order valence-corrected chi connectivity index (χ3v) is 4.81. The first-order valence-corrected chi connectivity index (χ1v) is 9.01. The minimum atomic E-state index is 0. The maximum absolute atomic E-state index is 5.99. The fourth-order valence-electron chi connectivity index (χ4n) is 3.20. The number of benzene rings is 2. The van der Waals surface area contributed by atoms with E-state index in [1.807, 2.05) is 18.2 Å². The smallest absolute Gasteiger partial charge is 0.188 e. The van der Waals surface area contributed by atoms with Gasteiger partial charge in [0.1, 0.15) is 0 Å². The zero-order valence-electron chi connectivity index (χ0n) is 15.9. The molecule has 146 valence electrons. The molecular weight excluding hydrogens is 453 g/mol. The Bertz CT molecular complexity index is 752. The highest BCUT2D eigenvalue weighted by atomic mass is 127. The molecule has 0 heterocycles. The second kappa shape index (κ2) is 10.4. The van der Waals surface area contributed by atoms with Crippen molar-refractivity contribution < 1.29 is 9.47 Å². The Hall–Kier alpha value is -1.96. The highest BCUT2D eigenvalue weighted by molar-refractivity contribution is 14.0. The summed E-state index contributed by atoms with van der Waals surface area (Å²) >= 11 is 0. The molecule has 27 heavy (non-hydrogen) atoms. The fourth-order valence-corrected chi connectivity index (χ4v) is 3.20. The molecule has 0 bridgehead atoms. The molecule has 1 aliphatic carbocycles. The molecule has 0 radical (unpaired) electrons. The average molecular weight is 481 g/mol. The van der Waals surface area contributed by atoms with Crippen molar-refractivity contribution >= 4 is 29.9 Å². The number of hydrogen-bond acceptors (Lipinski definition) is 3. The van der Waals surface area contributed by atoms with E-state index in [2.05, 4.69) is 40.6 Å². The summed E-state index contributed by atoms with van der Waals surface area (Å²) in [5.74, 6) is 3.25. The van der Waals surface area contributed by atoms with Gasteiger partial charge in [0.05, 0.1) is 14.2 Å². The molecular formula is C21H28IN3O2. The number of guanidine groups is 1. The molecule has 1 aliphatic rings. The van der Waals surface area contributed by atoms with E-state index in [4.69, 9.17) is 15.2 Å². The summed E-state index contributed by atoms with van der Waals surface area (Å²) in [5.41, 5.74) is 8.57. The van der Waals surface area contributed by atoms with Gasteiger partial charge in [-0.25, -0.2) is 0 Å². The second-order valence-corrected chi connectivity index (χ2v) is 6.60. The first-order chi connectivity index (χ1) is 12.7. The molecule has 0 saturated heterocycles. The van der Waals surface area contributed by atoms with Crippen LogP contribution in [0.5, 0.6) is 11.5 Å². The van der Waals surface area contributed by atoms with Crippen LogP contribution < -0.4 is 20.5 Å². The first-order valence-electron chi connectivity index (χ1n) is 9.01. The molecule has 0 aromatic heterocycles. The summed E-state index contributed by atoms with van der Waals surface area (Å²) in [7, 11) is 3.28. The minimum absolute atomic E-state index is 0. The van der Waals surface area contributed by atoms with Crippen molar-refractivity contribution in [3.8, 4) is 11.5 Å². The van der Waals surface area contributed by atoms with Crippen molar-refractivity contribution in [3.05, 3.63) is 59.7 Å². The van der Waals surface area contributed by atoms with E-state index in [9.17, 15) is 0 Å². The van der Waals surface area contributed by atoms with Gasteiger partial charge < -0.3 is 20.5 Å². The highest BCUT2D eigenvalue weighted by Gasteiger charge is 2.37. The molecule has 1 saturated carbocycles. The van der Waals surface area contributed by atoms with Gasteiger partial charge >= 0.3 is 0 Å². The Balaban J connectivity index is 0.00000261. The Morgan fingerprint density at radius 1 is 1.11 bits per heavy atom.